The maximum Gasteiger partial charge on any atom is 0.260 e. The number of rotatable bonds is 7. The standard InChI is InChI=1S/C20H26N2O2.ClH/c1-20(2,14-21)15-22(3)19(23)13-24-18-12-8-7-11-17(18)16-9-5-4-6-10-16;/h4-12H,13-15,21H2,1-3H3;1H. The Morgan fingerprint density at radius 3 is 2.32 bits per heavy atom. The van der Waals surface area contributed by atoms with Crippen LogP contribution in [0.2, 0.25) is 0 Å². The molecule has 0 fully saturated rings. The molecule has 0 saturated heterocycles. The molecule has 0 aromatic heterocycles. The maximum atomic E-state index is 12.3. The number of carbonyl (C=O) groups is 1. The highest BCUT2D eigenvalue weighted by molar-refractivity contribution is 5.85. The first-order valence-electron chi connectivity index (χ1n) is 8.14. The van der Waals surface area contributed by atoms with Crippen LogP contribution in [0.25, 0.3) is 11.1 Å². The molecule has 25 heavy (non-hydrogen) atoms. The highest BCUT2D eigenvalue weighted by Gasteiger charge is 2.21. The Balaban J connectivity index is 0.00000312. The SMILES string of the molecule is CN(CC(C)(C)CN)C(=O)COc1ccccc1-c1ccccc1.Cl. The fourth-order valence-electron chi connectivity index (χ4n) is 2.49. The van der Waals surface area contributed by atoms with Gasteiger partial charge in [-0.1, -0.05) is 62.4 Å². The summed E-state index contributed by atoms with van der Waals surface area (Å²) < 4.78 is 5.80. The molecule has 2 rings (SSSR count). The number of nitrogens with zero attached hydrogens (tertiary/aromatic N) is 1. The Kier molecular flexibility index (Phi) is 7.94. The fourth-order valence-corrected chi connectivity index (χ4v) is 2.49. The van der Waals surface area contributed by atoms with Gasteiger partial charge in [0.25, 0.3) is 5.91 Å². The molecule has 2 aromatic rings. The first-order chi connectivity index (χ1) is 11.4. The van der Waals surface area contributed by atoms with Gasteiger partial charge in [0.2, 0.25) is 0 Å². The van der Waals surface area contributed by atoms with Crippen LogP contribution in [0, 0.1) is 5.41 Å². The first kappa shape index (κ1) is 21.0. The van der Waals surface area contributed by atoms with Crippen molar-refractivity contribution in [3.63, 3.8) is 0 Å². The van der Waals surface area contributed by atoms with Crippen molar-refractivity contribution in [1.29, 1.82) is 0 Å². The van der Waals surface area contributed by atoms with E-state index in [1.807, 2.05) is 68.4 Å². The molecule has 0 spiro atoms. The molecular weight excluding hydrogens is 336 g/mol. The summed E-state index contributed by atoms with van der Waals surface area (Å²) in [5.41, 5.74) is 7.68. The molecule has 0 heterocycles. The van der Waals surface area contributed by atoms with Crippen LogP contribution >= 0.6 is 12.4 Å². The molecule has 0 aliphatic rings. The Morgan fingerprint density at radius 2 is 1.68 bits per heavy atom. The van der Waals surface area contributed by atoms with E-state index in [2.05, 4.69) is 0 Å². The van der Waals surface area contributed by atoms with E-state index in [0.717, 1.165) is 11.1 Å². The molecule has 0 unspecified atom stereocenters. The third-order valence-corrected chi connectivity index (χ3v) is 3.97. The molecule has 0 aliphatic heterocycles. The smallest absolute Gasteiger partial charge is 0.260 e. The summed E-state index contributed by atoms with van der Waals surface area (Å²) in [7, 11) is 1.78. The lowest BCUT2D eigenvalue weighted by Crippen LogP contribution is -2.41. The molecule has 136 valence electrons. The van der Waals surface area contributed by atoms with Gasteiger partial charge in [0, 0.05) is 19.2 Å². The summed E-state index contributed by atoms with van der Waals surface area (Å²) in [6, 6.07) is 17.8. The van der Waals surface area contributed by atoms with Crippen LogP contribution in [-0.4, -0.2) is 37.6 Å². The lowest BCUT2D eigenvalue weighted by molar-refractivity contribution is -0.133. The molecule has 2 aromatic carbocycles. The van der Waals surface area contributed by atoms with E-state index in [1.54, 1.807) is 11.9 Å². The summed E-state index contributed by atoms with van der Waals surface area (Å²) in [6.07, 6.45) is 0. The van der Waals surface area contributed by atoms with Crippen LogP contribution in [0.1, 0.15) is 13.8 Å². The minimum Gasteiger partial charge on any atom is -0.483 e. The van der Waals surface area contributed by atoms with Crippen molar-refractivity contribution in [2.24, 2.45) is 11.1 Å². The van der Waals surface area contributed by atoms with Crippen LogP contribution in [-0.2, 0) is 4.79 Å². The van der Waals surface area contributed by atoms with Gasteiger partial charge in [0.05, 0.1) is 0 Å². The van der Waals surface area contributed by atoms with Gasteiger partial charge in [-0.05, 0) is 23.6 Å². The van der Waals surface area contributed by atoms with Crippen LogP contribution in [0.15, 0.2) is 54.6 Å². The molecule has 0 aliphatic carbocycles. The van der Waals surface area contributed by atoms with E-state index >= 15 is 0 Å². The minimum atomic E-state index is -0.105. The second kappa shape index (κ2) is 9.44. The number of ether oxygens (including phenoxy) is 1. The number of halogens is 1. The predicted molar refractivity (Wildman–Crippen MR) is 105 cm³/mol. The van der Waals surface area contributed by atoms with Gasteiger partial charge < -0.3 is 15.4 Å². The monoisotopic (exact) mass is 362 g/mol. The lowest BCUT2D eigenvalue weighted by atomic mass is 9.93. The maximum absolute atomic E-state index is 12.3. The summed E-state index contributed by atoms with van der Waals surface area (Å²) >= 11 is 0. The Labute approximate surface area is 156 Å². The molecule has 5 heteroatoms. The number of likely N-dealkylation sites (N-methyl/N-ethyl adjacent to an activating group) is 1. The van der Waals surface area contributed by atoms with Gasteiger partial charge in [-0.2, -0.15) is 0 Å². The van der Waals surface area contributed by atoms with E-state index in [9.17, 15) is 4.79 Å². The van der Waals surface area contributed by atoms with Crippen LogP contribution < -0.4 is 10.5 Å². The van der Waals surface area contributed by atoms with Crippen LogP contribution in [0.5, 0.6) is 5.75 Å². The highest BCUT2D eigenvalue weighted by atomic mass is 35.5. The lowest BCUT2D eigenvalue weighted by Gasteiger charge is -2.29. The topological polar surface area (TPSA) is 55.6 Å². The fraction of sp³-hybridized carbons (Fsp3) is 0.350. The molecule has 4 nitrogen and oxygen atoms in total. The Morgan fingerprint density at radius 1 is 1.08 bits per heavy atom. The largest absolute Gasteiger partial charge is 0.483 e. The molecule has 0 saturated carbocycles. The zero-order valence-electron chi connectivity index (χ0n) is 15.1. The second-order valence-corrected chi connectivity index (χ2v) is 6.77. The van der Waals surface area contributed by atoms with Crippen molar-refractivity contribution in [2.45, 2.75) is 13.8 Å². The summed E-state index contributed by atoms with van der Waals surface area (Å²) in [4.78, 5) is 14.0. The van der Waals surface area contributed by atoms with E-state index in [0.29, 0.717) is 18.8 Å². The van der Waals surface area contributed by atoms with Crippen molar-refractivity contribution >= 4 is 18.3 Å². The average molecular weight is 363 g/mol. The Bertz CT molecular complexity index is 674. The number of hydrogen-bond acceptors (Lipinski definition) is 3. The molecule has 2 N–H and O–H groups in total. The van der Waals surface area contributed by atoms with Crippen molar-refractivity contribution in [1.82, 2.24) is 4.90 Å². The zero-order chi connectivity index (χ0) is 17.6. The van der Waals surface area contributed by atoms with Crippen LogP contribution in [0.4, 0.5) is 0 Å². The number of amides is 1. The predicted octanol–water partition coefficient (Wildman–Crippen LogP) is 3.60. The molecular formula is C20H27ClN2O2. The molecule has 0 bridgehead atoms. The second-order valence-electron chi connectivity index (χ2n) is 6.77. The van der Waals surface area contributed by atoms with Crippen molar-refractivity contribution < 1.29 is 9.53 Å². The van der Waals surface area contributed by atoms with Crippen molar-refractivity contribution in [3.05, 3.63) is 54.6 Å². The highest BCUT2D eigenvalue weighted by Crippen LogP contribution is 2.29. The summed E-state index contributed by atoms with van der Waals surface area (Å²) in [6.45, 7) is 5.24. The Hall–Kier alpha value is -2.04. The van der Waals surface area contributed by atoms with Gasteiger partial charge >= 0.3 is 0 Å². The molecule has 1 amide bonds. The number of nitrogens with two attached hydrogens (primary N) is 1. The van der Waals surface area contributed by atoms with Crippen molar-refractivity contribution in [3.8, 4) is 16.9 Å². The normalized spacial score (nSPS) is 10.7. The number of carbonyl (C=O) groups excluding carboxylic acids is 1. The van der Waals surface area contributed by atoms with Gasteiger partial charge in [-0.25, -0.2) is 0 Å². The average Bonchev–Trinajstić information content (AvgIpc) is 2.60. The van der Waals surface area contributed by atoms with Crippen LogP contribution in [0.3, 0.4) is 0 Å². The van der Waals surface area contributed by atoms with Gasteiger partial charge in [-0.15, -0.1) is 12.4 Å². The van der Waals surface area contributed by atoms with Crippen molar-refractivity contribution in [2.75, 3.05) is 26.7 Å². The van der Waals surface area contributed by atoms with E-state index < -0.39 is 0 Å². The third-order valence-electron chi connectivity index (χ3n) is 3.97. The van der Waals surface area contributed by atoms with Gasteiger partial charge in [-0.3, -0.25) is 4.79 Å². The van der Waals surface area contributed by atoms with E-state index in [1.165, 1.54) is 0 Å². The summed E-state index contributed by atoms with van der Waals surface area (Å²) in [5.74, 6) is 0.655. The van der Waals surface area contributed by atoms with Gasteiger partial charge in [0.1, 0.15) is 5.75 Å². The molecule has 0 radical (unpaired) electrons. The number of benzene rings is 2. The summed E-state index contributed by atoms with van der Waals surface area (Å²) in [5, 5.41) is 0. The first-order valence-corrected chi connectivity index (χ1v) is 8.14. The number of hydrogen-bond donors (Lipinski definition) is 1. The number of para-hydroxylation sites is 1. The minimum absolute atomic E-state index is 0. The zero-order valence-corrected chi connectivity index (χ0v) is 15.9. The van der Waals surface area contributed by atoms with Gasteiger partial charge in [0.15, 0.2) is 6.61 Å². The quantitative estimate of drug-likeness (QED) is 0.818. The van der Waals surface area contributed by atoms with E-state index in [-0.39, 0.29) is 30.3 Å². The third kappa shape index (κ3) is 6.07. The molecule has 0 atom stereocenters. The van der Waals surface area contributed by atoms with E-state index in [4.69, 9.17) is 10.5 Å².